The van der Waals surface area contributed by atoms with Crippen LogP contribution in [0.3, 0.4) is 0 Å². The third-order valence-electron chi connectivity index (χ3n) is 7.74. The molecule has 6 rings (SSSR count). The molecule has 1 aromatic heterocycles. The monoisotopic (exact) mass is 377 g/mol. The summed E-state index contributed by atoms with van der Waals surface area (Å²) in [5.41, 5.74) is 2.28. The average Bonchev–Trinajstić information content (AvgIpc) is 3.33. The van der Waals surface area contributed by atoms with Crippen molar-refractivity contribution in [3.05, 3.63) is 36.5 Å². The summed E-state index contributed by atoms with van der Waals surface area (Å²) in [5, 5.41) is 4.47. The molecule has 4 fully saturated rings. The van der Waals surface area contributed by atoms with E-state index in [4.69, 9.17) is 4.74 Å². The number of amides is 1. The van der Waals surface area contributed by atoms with Crippen molar-refractivity contribution < 1.29 is 9.53 Å². The topological polar surface area (TPSA) is 54.5 Å². The Morgan fingerprint density at radius 1 is 1.25 bits per heavy atom. The van der Waals surface area contributed by atoms with Crippen LogP contribution in [0.4, 0.5) is 5.69 Å². The number of aromatic nitrogens is 1. The molecule has 2 bridgehead atoms. The molecule has 2 aromatic rings. The van der Waals surface area contributed by atoms with Crippen LogP contribution >= 0.6 is 0 Å². The maximum absolute atomic E-state index is 12.3. The summed E-state index contributed by atoms with van der Waals surface area (Å²) in [5.74, 6) is 1.46. The highest BCUT2D eigenvalue weighted by Crippen LogP contribution is 2.55. The Morgan fingerprint density at radius 3 is 3.00 bits per heavy atom. The molecule has 0 unspecified atom stereocenters. The number of fused-ring (bicyclic) bond motifs is 2. The molecular weight excluding hydrogens is 350 g/mol. The Labute approximate surface area is 165 Å². The van der Waals surface area contributed by atoms with E-state index >= 15 is 0 Å². The molecule has 5 nitrogen and oxygen atoms in total. The first-order valence-corrected chi connectivity index (χ1v) is 10.8. The number of hydrogen-bond acceptors (Lipinski definition) is 4. The van der Waals surface area contributed by atoms with Crippen LogP contribution in [-0.4, -0.2) is 42.2 Å². The fourth-order valence-electron chi connectivity index (χ4n) is 6.04. The van der Waals surface area contributed by atoms with Gasteiger partial charge in [-0.3, -0.25) is 9.78 Å². The van der Waals surface area contributed by atoms with E-state index in [9.17, 15) is 4.79 Å². The maximum atomic E-state index is 12.3. The number of ether oxygens (including phenoxy) is 1. The van der Waals surface area contributed by atoms with Crippen LogP contribution in [0.1, 0.15) is 32.1 Å². The molecule has 5 heteroatoms. The van der Waals surface area contributed by atoms with Gasteiger partial charge >= 0.3 is 0 Å². The van der Waals surface area contributed by atoms with Crippen LogP contribution in [0.25, 0.3) is 10.9 Å². The van der Waals surface area contributed by atoms with Gasteiger partial charge in [-0.25, -0.2) is 0 Å². The SMILES string of the molecule is O=C(NC[C@H]1[C@H]2CN(c3ccnc4ccccc34)C[C@]23CC[C@H]1O3)C1CCC1. The Hall–Kier alpha value is -2.14. The second-order valence-corrected chi connectivity index (χ2v) is 9.13. The van der Waals surface area contributed by atoms with E-state index in [-0.39, 0.29) is 17.4 Å². The van der Waals surface area contributed by atoms with E-state index in [1.54, 1.807) is 0 Å². The number of carbonyl (C=O) groups excluding carboxylic acids is 1. The van der Waals surface area contributed by atoms with Gasteiger partial charge in [-0.15, -0.1) is 0 Å². The molecule has 4 aliphatic rings. The summed E-state index contributed by atoms with van der Waals surface area (Å²) in [7, 11) is 0. The second kappa shape index (κ2) is 6.18. The molecule has 1 amide bonds. The Kier molecular flexibility index (Phi) is 3.70. The molecule has 1 saturated carbocycles. The third kappa shape index (κ3) is 2.41. The first kappa shape index (κ1) is 16.8. The van der Waals surface area contributed by atoms with Gasteiger partial charge in [-0.2, -0.15) is 0 Å². The van der Waals surface area contributed by atoms with Crippen LogP contribution < -0.4 is 10.2 Å². The lowest BCUT2D eigenvalue weighted by Crippen LogP contribution is -2.44. The summed E-state index contributed by atoms with van der Waals surface area (Å²) in [4.78, 5) is 19.4. The predicted molar refractivity (Wildman–Crippen MR) is 108 cm³/mol. The number of para-hydroxylation sites is 1. The molecule has 1 aliphatic carbocycles. The van der Waals surface area contributed by atoms with Gasteiger partial charge in [0.1, 0.15) is 0 Å². The molecular formula is C23H27N3O2. The van der Waals surface area contributed by atoms with Crippen molar-refractivity contribution in [2.75, 3.05) is 24.5 Å². The fourth-order valence-corrected chi connectivity index (χ4v) is 6.04. The summed E-state index contributed by atoms with van der Waals surface area (Å²) >= 11 is 0. The predicted octanol–water partition coefficient (Wildman–Crippen LogP) is 3.13. The van der Waals surface area contributed by atoms with Gasteiger partial charge in [0.25, 0.3) is 0 Å². The van der Waals surface area contributed by atoms with Crippen molar-refractivity contribution in [1.29, 1.82) is 0 Å². The minimum atomic E-state index is -0.0269. The zero-order valence-electron chi connectivity index (χ0n) is 16.1. The molecule has 1 aromatic carbocycles. The van der Waals surface area contributed by atoms with Crippen molar-refractivity contribution in [3.63, 3.8) is 0 Å². The normalized spacial score (nSPS) is 33.9. The van der Waals surface area contributed by atoms with E-state index in [1.165, 1.54) is 17.5 Å². The van der Waals surface area contributed by atoms with Crippen molar-refractivity contribution in [2.45, 2.75) is 43.8 Å². The minimum absolute atomic E-state index is 0.0269. The lowest BCUT2D eigenvalue weighted by molar-refractivity contribution is -0.127. The van der Waals surface area contributed by atoms with Crippen LogP contribution in [0.5, 0.6) is 0 Å². The standard InChI is InChI=1S/C23H27N3O2/c27-22(15-4-3-5-15)25-12-17-18-13-26(14-23(18)10-8-21(17)28-23)20-9-11-24-19-7-2-1-6-16(19)20/h1-2,6-7,9,11,15,17-18,21H,3-5,8,10,12-14H2,(H,25,27)/t17-,18+,21+,23+/m0/s1. The van der Waals surface area contributed by atoms with Crippen LogP contribution in [0.2, 0.25) is 0 Å². The number of benzene rings is 1. The lowest BCUT2D eigenvalue weighted by atomic mass is 9.73. The van der Waals surface area contributed by atoms with Crippen molar-refractivity contribution in [3.8, 4) is 0 Å². The average molecular weight is 377 g/mol. The molecule has 28 heavy (non-hydrogen) atoms. The lowest BCUT2D eigenvalue weighted by Gasteiger charge is -2.30. The number of carbonyl (C=O) groups is 1. The van der Waals surface area contributed by atoms with Crippen molar-refractivity contribution >= 4 is 22.5 Å². The highest BCUT2D eigenvalue weighted by atomic mass is 16.5. The minimum Gasteiger partial charge on any atom is -0.369 e. The zero-order valence-corrected chi connectivity index (χ0v) is 16.1. The fraction of sp³-hybridized carbons (Fsp3) is 0.565. The summed E-state index contributed by atoms with van der Waals surface area (Å²) < 4.78 is 6.58. The highest BCUT2D eigenvalue weighted by Gasteiger charge is 2.63. The van der Waals surface area contributed by atoms with Gasteiger partial charge in [0, 0.05) is 54.7 Å². The number of nitrogens with one attached hydrogen (secondary N) is 1. The van der Waals surface area contributed by atoms with Crippen LogP contribution in [-0.2, 0) is 9.53 Å². The smallest absolute Gasteiger partial charge is 0.223 e. The largest absolute Gasteiger partial charge is 0.369 e. The van der Waals surface area contributed by atoms with E-state index in [2.05, 4.69) is 39.5 Å². The summed E-state index contributed by atoms with van der Waals surface area (Å²) in [6.07, 6.45) is 7.84. The van der Waals surface area contributed by atoms with Crippen molar-refractivity contribution in [1.82, 2.24) is 10.3 Å². The van der Waals surface area contributed by atoms with Crippen molar-refractivity contribution in [2.24, 2.45) is 17.8 Å². The number of pyridine rings is 1. The van der Waals surface area contributed by atoms with E-state index in [0.717, 1.165) is 50.8 Å². The molecule has 3 saturated heterocycles. The molecule has 1 N–H and O–H groups in total. The van der Waals surface area contributed by atoms with Gasteiger partial charge < -0.3 is 15.0 Å². The van der Waals surface area contributed by atoms with Gasteiger partial charge in [0.2, 0.25) is 5.91 Å². The highest BCUT2D eigenvalue weighted by molar-refractivity contribution is 5.91. The third-order valence-corrected chi connectivity index (χ3v) is 7.74. The maximum Gasteiger partial charge on any atom is 0.223 e. The van der Waals surface area contributed by atoms with E-state index in [1.807, 2.05) is 12.3 Å². The summed E-state index contributed by atoms with van der Waals surface area (Å²) in [6.45, 7) is 2.74. The van der Waals surface area contributed by atoms with Gasteiger partial charge in [0.05, 0.1) is 17.2 Å². The molecule has 4 atom stereocenters. The Morgan fingerprint density at radius 2 is 2.14 bits per heavy atom. The zero-order chi connectivity index (χ0) is 18.7. The Balaban J connectivity index is 1.24. The molecule has 1 spiro atoms. The van der Waals surface area contributed by atoms with Crippen LogP contribution in [0.15, 0.2) is 36.5 Å². The molecule has 4 heterocycles. The van der Waals surface area contributed by atoms with E-state index < -0.39 is 0 Å². The van der Waals surface area contributed by atoms with Gasteiger partial charge in [0.15, 0.2) is 0 Å². The molecule has 3 aliphatic heterocycles. The number of rotatable bonds is 4. The number of hydrogen-bond donors (Lipinski definition) is 1. The van der Waals surface area contributed by atoms with E-state index in [0.29, 0.717) is 17.9 Å². The number of nitrogens with zero attached hydrogens (tertiary/aromatic N) is 2. The quantitative estimate of drug-likeness (QED) is 0.889. The molecule has 146 valence electrons. The van der Waals surface area contributed by atoms with Gasteiger partial charge in [-0.1, -0.05) is 24.6 Å². The Bertz CT molecular complexity index is 922. The first-order chi connectivity index (χ1) is 13.7. The van der Waals surface area contributed by atoms with Gasteiger partial charge in [-0.05, 0) is 37.8 Å². The second-order valence-electron chi connectivity index (χ2n) is 9.13. The van der Waals surface area contributed by atoms with Crippen LogP contribution in [0, 0.1) is 17.8 Å². The summed E-state index contributed by atoms with van der Waals surface area (Å²) in [6, 6.07) is 10.5. The molecule has 0 radical (unpaired) electrons. The number of anilines is 1. The first-order valence-electron chi connectivity index (χ1n) is 10.8.